The van der Waals surface area contributed by atoms with E-state index in [9.17, 15) is 5.11 Å². The maximum atomic E-state index is 9.59. The Morgan fingerprint density at radius 3 is 3.05 bits per heavy atom. The van der Waals surface area contributed by atoms with Gasteiger partial charge in [0.2, 0.25) is 0 Å². The van der Waals surface area contributed by atoms with Crippen LogP contribution in [0.3, 0.4) is 0 Å². The third-order valence-electron chi connectivity index (χ3n) is 3.01. The van der Waals surface area contributed by atoms with Crippen molar-refractivity contribution in [2.24, 2.45) is 4.99 Å². The fraction of sp³-hybridized carbons (Fsp3) is 0.333. The van der Waals surface area contributed by atoms with Gasteiger partial charge in [-0.1, -0.05) is 11.8 Å². The van der Waals surface area contributed by atoms with Crippen molar-refractivity contribution in [1.29, 1.82) is 0 Å². The summed E-state index contributed by atoms with van der Waals surface area (Å²) < 4.78 is 7.13. The topological polar surface area (TPSA) is 71.7 Å². The minimum absolute atomic E-state index is 0.121. The van der Waals surface area contributed by atoms with E-state index in [0.29, 0.717) is 5.75 Å². The van der Waals surface area contributed by atoms with Crippen molar-refractivity contribution in [3.8, 4) is 11.5 Å². The van der Waals surface area contributed by atoms with E-state index in [2.05, 4.69) is 15.3 Å². The van der Waals surface area contributed by atoms with Crippen molar-refractivity contribution in [3.05, 3.63) is 36.9 Å². The van der Waals surface area contributed by atoms with Gasteiger partial charge in [-0.3, -0.25) is 4.99 Å². The van der Waals surface area contributed by atoms with Gasteiger partial charge in [-0.25, -0.2) is 4.98 Å². The van der Waals surface area contributed by atoms with Crippen molar-refractivity contribution >= 4 is 22.6 Å². The molecule has 0 unspecified atom stereocenters. The summed E-state index contributed by atoms with van der Waals surface area (Å²) in [6.07, 6.45) is 8.44. The van der Waals surface area contributed by atoms with E-state index in [-0.39, 0.29) is 5.75 Å². The number of phenolic OH excluding ortho intramolecular Hbond substituents is 1. The number of aromatic nitrogens is 2. The van der Waals surface area contributed by atoms with Crippen molar-refractivity contribution in [1.82, 2.24) is 9.55 Å². The van der Waals surface area contributed by atoms with Crippen LogP contribution >= 0.6 is 11.8 Å². The molecular weight excluding hydrogens is 300 g/mol. The Morgan fingerprint density at radius 1 is 1.50 bits per heavy atom. The lowest BCUT2D eigenvalue weighted by molar-refractivity contribution is 0.374. The molecule has 0 saturated heterocycles. The lowest BCUT2D eigenvalue weighted by Crippen LogP contribution is -2.09. The van der Waals surface area contributed by atoms with Crippen molar-refractivity contribution < 1.29 is 9.84 Å². The van der Waals surface area contributed by atoms with Gasteiger partial charge in [-0.2, -0.15) is 0 Å². The molecule has 22 heavy (non-hydrogen) atoms. The maximum Gasteiger partial charge on any atom is 0.162 e. The van der Waals surface area contributed by atoms with Crippen LogP contribution in [0, 0.1) is 0 Å². The van der Waals surface area contributed by atoms with Crippen LogP contribution in [0.5, 0.6) is 11.5 Å². The van der Waals surface area contributed by atoms with E-state index in [1.165, 1.54) is 7.11 Å². The highest BCUT2D eigenvalue weighted by Crippen LogP contribution is 2.28. The first-order valence-electron chi connectivity index (χ1n) is 6.91. The van der Waals surface area contributed by atoms with Gasteiger partial charge >= 0.3 is 0 Å². The van der Waals surface area contributed by atoms with Crippen LogP contribution in [0.15, 0.2) is 41.9 Å². The molecule has 0 aliphatic rings. The van der Waals surface area contributed by atoms with Gasteiger partial charge in [0.15, 0.2) is 16.7 Å². The zero-order chi connectivity index (χ0) is 15.8. The number of amidine groups is 1. The second kappa shape index (κ2) is 8.33. The Kier molecular flexibility index (Phi) is 6.14. The second-order valence-corrected chi connectivity index (χ2v) is 5.35. The third-order valence-corrected chi connectivity index (χ3v) is 3.63. The summed E-state index contributed by atoms with van der Waals surface area (Å²) in [4.78, 5) is 8.56. The number of hydrogen-bond donors (Lipinski definition) is 2. The molecule has 0 radical (unpaired) electrons. The molecule has 0 fully saturated rings. The van der Waals surface area contributed by atoms with Crippen LogP contribution in [0.4, 0.5) is 5.69 Å². The number of benzene rings is 1. The normalized spacial score (nSPS) is 11.5. The molecule has 1 heterocycles. The lowest BCUT2D eigenvalue weighted by Gasteiger charge is -2.10. The predicted octanol–water partition coefficient (Wildman–Crippen LogP) is 2.82. The number of aryl methyl sites for hydroxylation is 1. The van der Waals surface area contributed by atoms with E-state index >= 15 is 0 Å². The molecule has 118 valence electrons. The van der Waals surface area contributed by atoms with Gasteiger partial charge in [0.05, 0.1) is 13.4 Å². The standard InChI is InChI=1S/C15H20N4O2S/c1-21-14-10-12(4-5-13(14)20)18-15(22-2)17-6-3-8-19-9-7-16-11-19/h4-5,7,9-11,20H,3,6,8H2,1-2H3,(H,17,18). The highest BCUT2D eigenvalue weighted by Gasteiger charge is 2.04. The minimum atomic E-state index is 0.121. The maximum absolute atomic E-state index is 9.59. The van der Waals surface area contributed by atoms with Crippen molar-refractivity contribution in [2.75, 3.05) is 25.2 Å². The zero-order valence-corrected chi connectivity index (χ0v) is 13.5. The Balaban J connectivity index is 1.89. The zero-order valence-electron chi connectivity index (χ0n) is 12.7. The molecule has 1 aromatic heterocycles. The second-order valence-electron chi connectivity index (χ2n) is 4.56. The summed E-state index contributed by atoms with van der Waals surface area (Å²) in [5.74, 6) is 0.557. The molecule has 0 aliphatic heterocycles. The summed E-state index contributed by atoms with van der Waals surface area (Å²) in [5.41, 5.74) is 0.831. The summed E-state index contributed by atoms with van der Waals surface area (Å²) in [6, 6.07) is 5.12. The van der Waals surface area contributed by atoms with E-state index in [1.807, 2.05) is 17.0 Å². The monoisotopic (exact) mass is 320 g/mol. The van der Waals surface area contributed by atoms with Crippen LogP contribution in [0.2, 0.25) is 0 Å². The number of nitrogens with zero attached hydrogens (tertiary/aromatic N) is 3. The Labute approximate surface area is 134 Å². The number of imidazole rings is 1. The first kappa shape index (κ1) is 16.2. The summed E-state index contributed by atoms with van der Waals surface area (Å²) in [6.45, 7) is 1.63. The molecule has 7 heteroatoms. The molecule has 0 spiro atoms. The van der Waals surface area contributed by atoms with Gasteiger partial charge in [-0.05, 0) is 24.8 Å². The number of phenols is 1. The molecule has 0 atom stereocenters. The number of nitrogens with one attached hydrogen (secondary N) is 1. The number of aliphatic imine (C=N–C) groups is 1. The van der Waals surface area contributed by atoms with Crippen molar-refractivity contribution in [3.63, 3.8) is 0 Å². The summed E-state index contributed by atoms with van der Waals surface area (Å²) in [5, 5.41) is 13.7. The molecule has 2 aromatic rings. The number of ether oxygens (including phenoxy) is 1. The molecule has 0 amide bonds. The van der Waals surface area contributed by atoms with Crippen LogP contribution in [0.25, 0.3) is 0 Å². The number of thioether (sulfide) groups is 1. The largest absolute Gasteiger partial charge is 0.504 e. The Morgan fingerprint density at radius 2 is 2.36 bits per heavy atom. The highest BCUT2D eigenvalue weighted by atomic mass is 32.2. The Bertz CT molecular complexity index is 614. The van der Waals surface area contributed by atoms with Crippen LogP contribution < -0.4 is 10.1 Å². The molecule has 0 aliphatic carbocycles. The van der Waals surface area contributed by atoms with Crippen LogP contribution in [0.1, 0.15) is 6.42 Å². The van der Waals surface area contributed by atoms with Gasteiger partial charge < -0.3 is 19.7 Å². The fourth-order valence-corrected chi connectivity index (χ4v) is 2.33. The SMILES string of the molecule is COc1cc(NC(=NCCCn2ccnc2)SC)ccc1O. The van der Waals surface area contributed by atoms with Crippen molar-refractivity contribution in [2.45, 2.75) is 13.0 Å². The van der Waals surface area contributed by atoms with E-state index in [0.717, 1.165) is 30.4 Å². The summed E-state index contributed by atoms with van der Waals surface area (Å²) in [7, 11) is 1.53. The number of rotatable bonds is 6. The number of anilines is 1. The molecule has 0 saturated carbocycles. The van der Waals surface area contributed by atoms with E-state index in [1.54, 1.807) is 42.5 Å². The number of hydrogen-bond acceptors (Lipinski definition) is 5. The smallest absolute Gasteiger partial charge is 0.162 e. The summed E-state index contributed by atoms with van der Waals surface area (Å²) >= 11 is 1.55. The van der Waals surface area contributed by atoms with Crippen LogP contribution in [-0.4, -0.2) is 39.7 Å². The van der Waals surface area contributed by atoms with Gasteiger partial charge in [0.25, 0.3) is 0 Å². The Hall–Kier alpha value is -2.15. The average Bonchev–Trinajstić information content (AvgIpc) is 3.05. The highest BCUT2D eigenvalue weighted by molar-refractivity contribution is 8.13. The quantitative estimate of drug-likeness (QED) is 0.371. The van der Waals surface area contributed by atoms with Gasteiger partial charge in [0.1, 0.15) is 0 Å². The average molecular weight is 320 g/mol. The molecule has 1 aromatic carbocycles. The number of aromatic hydroxyl groups is 1. The third kappa shape index (κ3) is 4.70. The molecule has 6 nitrogen and oxygen atoms in total. The molecule has 0 bridgehead atoms. The first-order valence-corrected chi connectivity index (χ1v) is 8.13. The lowest BCUT2D eigenvalue weighted by atomic mass is 10.3. The van der Waals surface area contributed by atoms with E-state index in [4.69, 9.17) is 4.74 Å². The van der Waals surface area contributed by atoms with E-state index < -0.39 is 0 Å². The first-order chi connectivity index (χ1) is 10.7. The number of methoxy groups -OCH3 is 1. The fourth-order valence-electron chi connectivity index (χ4n) is 1.89. The molecule has 2 rings (SSSR count). The van der Waals surface area contributed by atoms with Gasteiger partial charge in [-0.15, -0.1) is 0 Å². The van der Waals surface area contributed by atoms with Gasteiger partial charge in [0, 0.05) is 37.2 Å². The molecular formula is C15H20N4O2S. The predicted molar refractivity (Wildman–Crippen MR) is 90.9 cm³/mol. The minimum Gasteiger partial charge on any atom is -0.504 e. The molecule has 2 N–H and O–H groups in total. The van der Waals surface area contributed by atoms with Crippen LogP contribution in [-0.2, 0) is 6.54 Å².